The van der Waals surface area contributed by atoms with Gasteiger partial charge in [-0.3, -0.25) is 4.79 Å². The van der Waals surface area contributed by atoms with E-state index in [0.717, 1.165) is 25.7 Å². The van der Waals surface area contributed by atoms with Gasteiger partial charge < -0.3 is 15.6 Å². The molecule has 0 aromatic carbocycles. The molecule has 1 aromatic rings. The summed E-state index contributed by atoms with van der Waals surface area (Å²) in [4.78, 5) is 18.1. The van der Waals surface area contributed by atoms with E-state index in [4.69, 9.17) is 0 Å². The number of anilines is 1. The van der Waals surface area contributed by atoms with Crippen LogP contribution < -0.4 is 16.2 Å². The van der Waals surface area contributed by atoms with Crippen LogP contribution in [0, 0.1) is 0 Å². The van der Waals surface area contributed by atoms with E-state index in [1.807, 2.05) is 7.05 Å². The number of halogens is 1. The molecule has 5 nitrogen and oxygen atoms in total. The predicted octanol–water partition coefficient (Wildman–Crippen LogP) is 1.47. The lowest BCUT2D eigenvalue weighted by molar-refractivity contribution is 0.371. The Kier molecular flexibility index (Phi) is 4.17. The molecule has 1 aromatic heterocycles. The van der Waals surface area contributed by atoms with Crippen molar-refractivity contribution in [3.05, 3.63) is 21.2 Å². The van der Waals surface area contributed by atoms with Crippen LogP contribution in [-0.4, -0.2) is 29.1 Å². The Balaban J connectivity index is 1.98. The van der Waals surface area contributed by atoms with Gasteiger partial charge in [0, 0.05) is 12.1 Å². The van der Waals surface area contributed by atoms with E-state index in [-0.39, 0.29) is 5.56 Å². The Morgan fingerprint density at radius 3 is 2.65 bits per heavy atom. The van der Waals surface area contributed by atoms with Crippen LogP contribution in [0.4, 0.5) is 5.82 Å². The Bertz CT molecular complexity index is 426. The van der Waals surface area contributed by atoms with Gasteiger partial charge in [-0.1, -0.05) is 0 Å². The lowest BCUT2D eigenvalue weighted by Gasteiger charge is -2.29. The monoisotopic (exact) mass is 300 g/mol. The van der Waals surface area contributed by atoms with Crippen molar-refractivity contribution in [3.8, 4) is 0 Å². The van der Waals surface area contributed by atoms with Crippen molar-refractivity contribution in [2.24, 2.45) is 0 Å². The molecule has 0 radical (unpaired) electrons. The van der Waals surface area contributed by atoms with Crippen molar-refractivity contribution in [2.45, 2.75) is 37.8 Å². The second kappa shape index (κ2) is 5.64. The minimum absolute atomic E-state index is 0.147. The highest BCUT2D eigenvalue weighted by molar-refractivity contribution is 9.10. The molecule has 1 aliphatic rings. The Hall–Kier alpha value is -0.880. The molecular formula is C11H17BrN4O. The molecule has 0 unspecified atom stereocenters. The predicted molar refractivity (Wildman–Crippen MR) is 71.3 cm³/mol. The molecule has 0 aliphatic heterocycles. The van der Waals surface area contributed by atoms with Gasteiger partial charge in [0.15, 0.2) is 0 Å². The standard InChI is InChI=1S/C11H17BrN4O/c1-13-7-2-4-8(5-3-7)16-10-9(12)11(17)15-6-14-10/h6-8,13H,2-5H2,1H3,(H2,14,15,16,17). The lowest BCUT2D eigenvalue weighted by atomic mass is 9.91. The Labute approximate surface area is 109 Å². The molecule has 94 valence electrons. The molecule has 1 saturated carbocycles. The number of hydrogen-bond donors (Lipinski definition) is 3. The molecule has 6 heteroatoms. The first kappa shape index (κ1) is 12.6. The highest BCUT2D eigenvalue weighted by Crippen LogP contribution is 2.23. The van der Waals surface area contributed by atoms with Crippen LogP contribution in [0.1, 0.15) is 25.7 Å². The zero-order valence-corrected chi connectivity index (χ0v) is 11.4. The molecule has 0 spiro atoms. The summed E-state index contributed by atoms with van der Waals surface area (Å²) < 4.78 is 0.482. The average molecular weight is 301 g/mol. The maximum absolute atomic E-state index is 11.4. The summed E-state index contributed by atoms with van der Waals surface area (Å²) in [6.45, 7) is 0. The molecule has 0 saturated heterocycles. The van der Waals surface area contributed by atoms with Crippen molar-refractivity contribution < 1.29 is 0 Å². The van der Waals surface area contributed by atoms with Gasteiger partial charge in [-0.25, -0.2) is 4.98 Å². The topological polar surface area (TPSA) is 69.8 Å². The van der Waals surface area contributed by atoms with Gasteiger partial charge in [0.05, 0.1) is 6.33 Å². The van der Waals surface area contributed by atoms with Gasteiger partial charge in [-0.15, -0.1) is 0 Å². The zero-order valence-electron chi connectivity index (χ0n) is 9.79. The molecule has 1 aliphatic carbocycles. The number of rotatable bonds is 3. The van der Waals surface area contributed by atoms with Gasteiger partial charge >= 0.3 is 0 Å². The molecule has 3 N–H and O–H groups in total. The van der Waals surface area contributed by atoms with Crippen molar-refractivity contribution in [2.75, 3.05) is 12.4 Å². The summed E-state index contributed by atoms with van der Waals surface area (Å²) in [6.07, 6.45) is 5.96. The first-order chi connectivity index (χ1) is 8.20. The summed E-state index contributed by atoms with van der Waals surface area (Å²) in [7, 11) is 2.01. The summed E-state index contributed by atoms with van der Waals surface area (Å²) in [6, 6.07) is 1.04. The fourth-order valence-electron chi connectivity index (χ4n) is 2.20. The van der Waals surface area contributed by atoms with E-state index in [9.17, 15) is 4.79 Å². The molecular weight excluding hydrogens is 284 g/mol. The smallest absolute Gasteiger partial charge is 0.267 e. The normalized spacial score (nSPS) is 24.6. The number of nitrogens with one attached hydrogen (secondary N) is 3. The summed E-state index contributed by atoms with van der Waals surface area (Å²) in [5.74, 6) is 0.640. The molecule has 0 atom stereocenters. The van der Waals surface area contributed by atoms with Gasteiger partial charge in [0.2, 0.25) is 0 Å². The number of aromatic amines is 1. The molecule has 1 heterocycles. The first-order valence-corrected chi connectivity index (χ1v) is 6.67. The highest BCUT2D eigenvalue weighted by Gasteiger charge is 2.20. The minimum atomic E-state index is -0.147. The third-order valence-electron chi connectivity index (χ3n) is 3.27. The van der Waals surface area contributed by atoms with Crippen LogP contribution in [0.2, 0.25) is 0 Å². The van der Waals surface area contributed by atoms with Crippen molar-refractivity contribution in [1.82, 2.24) is 15.3 Å². The number of nitrogens with zero attached hydrogens (tertiary/aromatic N) is 1. The van der Waals surface area contributed by atoms with Gasteiger partial charge in [-0.05, 0) is 48.7 Å². The van der Waals surface area contributed by atoms with E-state index < -0.39 is 0 Å². The second-order valence-electron chi connectivity index (χ2n) is 4.38. The maximum Gasteiger partial charge on any atom is 0.267 e. The summed E-state index contributed by atoms with van der Waals surface area (Å²) >= 11 is 3.25. The summed E-state index contributed by atoms with van der Waals surface area (Å²) in [5, 5.41) is 6.63. The van der Waals surface area contributed by atoms with E-state index in [0.29, 0.717) is 22.4 Å². The van der Waals surface area contributed by atoms with Crippen LogP contribution in [-0.2, 0) is 0 Å². The zero-order chi connectivity index (χ0) is 12.3. The van der Waals surface area contributed by atoms with E-state index >= 15 is 0 Å². The fraction of sp³-hybridized carbons (Fsp3) is 0.636. The minimum Gasteiger partial charge on any atom is -0.366 e. The van der Waals surface area contributed by atoms with Crippen LogP contribution in [0.3, 0.4) is 0 Å². The highest BCUT2D eigenvalue weighted by atomic mass is 79.9. The van der Waals surface area contributed by atoms with Crippen molar-refractivity contribution in [1.29, 1.82) is 0 Å². The van der Waals surface area contributed by atoms with Crippen LogP contribution in [0.15, 0.2) is 15.6 Å². The van der Waals surface area contributed by atoms with Crippen molar-refractivity contribution in [3.63, 3.8) is 0 Å². The van der Waals surface area contributed by atoms with Crippen LogP contribution in [0.5, 0.6) is 0 Å². The summed E-state index contributed by atoms with van der Waals surface area (Å²) in [5.41, 5.74) is -0.147. The molecule has 0 bridgehead atoms. The average Bonchev–Trinajstić information content (AvgIpc) is 2.36. The Morgan fingerprint density at radius 1 is 1.35 bits per heavy atom. The first-order valence-electron chi connectivity index (χ1n) is 5.87. The molecule has 1 fully saturated rings. The molecule has 17 heavy (non-hydrogen) atoms. The SMILES string of the molecule is CNC1CCC(Nc2nc[nH]c(=O)c2Br)CC1. The largest absolute Gasteiger partial charge is 0.366 e. The fourth-order valence-corrected chi connectivity index (χ4v) is 2.53. The number of aromatic nitrogens is 2. The van der Waals surface area contributed by atoms with E-state index in [1.54, 1.807) is 0 Å². The number of H-pyrrole nitrogens is 1. The van der Waals surface area contributed by atoms with Crippen molar-refractivity contribution >= 4 is 21.7 Å². The van der Waals surface area contributed by atoms with Gasteiger partial charge in [0.1, 0.15) is 10.3 Å². The molecule has 0 amide bonds. The van der Waals surface area contributed by atoms with Crippen LogP contribution >= 0.6 is 15.9 Å². The third-order valence-corrected chi connectivity index (χ3v) is 4.01. The molecule has 2 rings (SSSR count). The quantitative estimate of drug-likeness (QED) is 0.791. The van der Waals surface area contributed by atoms with E-state index in [2.05, 4.69) is 36.5 Å². The van der Waals surface area contributed by atoms with Gasteiger partial charge in [0.25, 0.3) is 5.56 Å². The number of hydrogen-bond acceptors (Lipinski definition) is 4. The van der Waals surface area contributed by atoms with E-state index in [1.165, 1.54) is 6.33 Å². The maximum atomic E-state index is 11.4. The van der Waals surface area contributed by atoms with Gasteiger partial charge in [-0.2, -0.15) is 0 Å². The third kappa shape index (κ3) is 3.07. The Morgan fingerprint density at radius 2 is 2.00 bits per heavy atom. The second-order valence-corrected chi connectivity index (χ2v) is 5.17. The lowest BCUT2D eigenvalue weighted by Crippen LogP contribution is -2.35. The van der Waals surface area contributed by atoms with Crippen LogP contribution in [0.25, 0.3) is 0 Å².